The number of rotatable bonds is 1. The summed E-state index contributed by atoms with van der Waals surface area (Å²) < 4.78 is 0. The minimum atomic E-state index is 0.640. The van der Waals surface area contributed by atoms with Gasteiger partial charge in [0.25, 0.3) is 0 Å². The Morgan fingerprint density at radius 1 is 1.62 bits per heavy atom. The van der Waals surface area contributed by atoms with Crippen LogP contribution in [0.1, 0.15) is 29.2 Å². The highest BCUT2D eigenvalue weighted by molar-refractivity contribution is 7.10. The van der Waals surface area contributed by atoms with Crippen LogP contribution in [0.15, 0.2) is 11.4 Å². The topological polar surface area (TPSA) is 35.8 Å². The van der Waals surface area contributed by atoms with Crippen LogP contribution in [0, 0.1) is 11.3 Å². The van der Waals surface area contributed by atoms with Gasteiger partial charge in [-0.05, 0) is 25.5 Å². The molecule has 0 spiro atoms. The Morgan fingerprint density at radius 2 is 2.54 bits per heavy atom. The zero-order chi connectivity index (χ0) is 9.10. The molecule has 13 heavy (non-hydrogen) atoms. The summed E-state index contributed by atoms with van der Waals surface area (Å²) in [5.74, 6) is 0.640. The number of nitrogens with zero attached hydrogens (tertiary/aromatic N) is 1. The van der Waals surface area contributed by atoms with Gasteiger partial charge in [0.1, 0.15) is 6.07 Å². The molecule has 2 nitrogen and oxygen atoms in total. The number of piperidine rings is 1. The lowest BCUT2D eigenvalue weighted by atomic mass is 9.98. The molecule has 0 bridgehead atoms. The molecular formula is C10H12N2S. The smallest absolute Gasteiger partial charge is 0.100 e. The minimum Gasteiger partial charge on any atom is -0.316 e. The van der Waals surface area contributed by atoms with Gasteiger partial charge in [-0.15, -0.1) is 11.3 Å². The summed E-state index contributed by atoms with van der Waals surface area (Å²) in [5, 5.41) is 14.0. The van der Waals surface area contributed by atoms with E-state index in [-0.39, 0.29) is 0 Å². The number of nitrogens with one attached hydrogen (secondary N) is 1. The Bertz CT molecular complexity index is 318. The molecule has 1 aromatic heterocycles. The van der Waals surface area contributed by atoms with Crippen molar-refractivity contribution in [1.82, 2.24) is 5.32 Å². The van der Waals surface area contributed by atoms with E-state index in [0.717, 1.165) is 18.7 Å². The first kappa shape index (κ1) is 8.74. The summed E-state index contributed by atoms with van der Waals surface area (Å²) in [6.45, 7) is 2.22. The molecule has 1 aliphatic heterocycles. The van der Waals surface area contributed by atoms with Gasteiger partial charge in [0.05, 0.1) is 5.56 Å². The third-order valence-corrected chi connectivity index (χ3v) is 3.54. The van der Waals surface area contributed by atoms with Gasteiger partial charge < -0.3 is 5.32 Å². The molecule has 1 fully saturated rings. The van der Waals surface area contributed by atoms with Crippen LogP contribution in [0.2, 0.25) is 0 Å². The van der Waals surface area contributed by atoms with E-state index in [9.17, 15) is 0 Å². The summed E-state index contributed by atoms with van der Waals surface area (Å²) in [4.78, 5) is 1.36. The highest BCUT2D eigenvalue weighted by Gasteiger charge is 2.16. The Balaban J connectivity index is 2.11. The number of hydrogen-bond acceptors (Lipinski definition) is 3. The molecule has 1 aliphatic rings. The molecule has 3 heteroatoms. The average Bonchev–Trinajstić information content (AvgIpc) is 2.67. The minimum absolute atomic E-state index is 0.640. The van der Waals surface area contributed by atoms with E-state index in [4.69, 9.17) is 5.26 Å². The Hall–Kier alpha value is -0.850. The maximum atomic E-state index is 8.69. The van der Waals surface area contributed by atoms with E-state index in [1.165, 1.54) is 17.7 Å². The lowest BCUT2D eigenvalue weighted by Crippen LogP contribution is -2.27. The van der Waals surface area contributed by atoms with Gasteiger partial charge in [0.15, 0.2) is 0 Å². The summed E-state index contributed by atoms with van der Waals surface area (Å²) in [6, 6.07) is 4.21. The Morgan fingerprint density at radius 3 is 3.15 bits per heavy atom. The number of hydrogen-bond donors (Lipinski definition) is 1. The van der Waals surface area contributed by atoms with Crippen LogP contribution in [-0.2, 0) is 0 Å². The normalized spacial score (nSPS) is 22.5. The highest BCUT2D eigenvalue weighted by atomic mass is 32.1. The van der Waals surface area contributed by atoms with Crippen LogP contribution in [-0.4, -0.2) is 13.1 Å². The average molecular weight is 192 g/mol. The van der Waals surface area contributed by atoms with E-state index >= 15 is 0 Å². The van der Waals surface area contributed by atoms with Crippen molar-refractivity contribution < 1.29 is 0 Å². The lowest BCUT2D eigenvalue weighted by Gasteiger charge is -2.21. The number of thiophene rings is 1. The van der Waals surface area contributed by atoms with Crippen LogP contribution < -0.4 is 5.32 Å². The molecule has 0 saturated carbocycles. The van der Waals surface area contributed by atoms with E-state index in [2.05, 4.69) is 11.4 Å². The maximum absolute atomic E-state index is 8.69. The molecule has 2 rings (SSSR count). The standard InChI is InChI=1S/C10H12N2S/c11-5-8-4-10(13-7-8)9-2-1-3-12-6-9/h4,7,9,12H,1-3,6H2. The summed E-state index contributed by atoms with van der Waals surface area (Å²) >= 11 is 1.72. The van der Waals surface area contributed by atoms with Crippen molar-refractivity contribution >= 4 is 11.3 Å². The fourth-order valence-corrected chi connectivity index (χ4v) is 2.69. The molecule has 68 valence electrons. The second-order valence-corrected chi connectivity index (χ2v) is 4.34. The van der Waals surface area contributed by atoms with Gasteiger partial charge in [0, 0.05) is 22.7 Å². The van der Waals surface area contributed by atoms with Gasteiger partial charge in [-0.2, -0.15) is 5.26 Å². The third-order valence-electron chi connectivity index (χ3n) is 2.45. The second-order valence-electron chi connectivity index (χ2n) is 3.39. The largest absolute Gasteiger partial charge is 0.316 e. The van der Waals surface area contributed by atoms with Gasteiger partial charge in [-0.25, -0.2) is 0 Å². The van der Waals surface area contributed by atoms with Crippen molar-refractivity contribution in [3.05, 3.63) is 21.9 Å². The Kier molecular flexibility index (Phi) is 2.62. The second kappa shape index (κ2) is 3.91. The van der Waals surface area contributed by atoms with Crippen LogP contribution in [0.5, 0.6) is 0 Å². The molecule has 0 radical (unpaired) electrons. The van der Waals surface area contributed by atoms with Crippen molar-refractivity contribution in [1.29, 1.82) is 5.26 Å². The Labute approximate surface area is 82.2 Å². The molecule has 0 aliphatic carbocycles. The fraction of sp³-hybridized carbons (Fsp3) is 0.500. The SMILES string of the molecule is N#Cc1csc(C2CCCNC2)c1. The van der Waals surface area contributed by atoms with Crippen LogP contribution in [0.25, 0.3) is 0 Å². The van der Waals surface area contributed by atoms with E-state index in [0.29, 0.717) is 5.92 Å². The first-order valence-corrected chi connectivity index (χ1v) is 5.47. The molecule has 2 heterocycles. The molecule has 1 unspecified atom stereocenters. The van der Waals surface area contributed by atoms with Crippen molar-refractivity contribution in [2.75, 3.05) is 13.1 Å². The third kappa shape index (κ3) is 1.90. The van der Waals surface area contributed by atoms with Crippen molar-refractivity contribution in [3.8, 4) is 6.07 Å². The van der Waals surface area contributed by atoms with Crippen molar-refractivity contribution in [2.24, 2.45) is 0 Å². The van der Waals surface area contributed by atoms with Gasteiger partial charge in [-0.1, -0.05) is 0 Å². The highest BCUT2D eigenvalue weighted by Crippen LogP contribution is 2.28. The first-order chi connectivity index (χ1) is 6.40. The zero-order valence-electron chi connectivity index (χ0n) is 7.42. The monoisotopic (exact) mass is 192 g/mol. The molecule has 1 aromatic rings. The molecule has 0 amide bonds. The van der Waals surface area contributed by atoms with Crippen molar-refractivity contribution in [3.63, 3.8) is 0 Å². The molecular weight excluding hydrogens is 180 g/mol. The summed E-state index contributed by atoms with van der Waals surface area (Å²) in [5.41, 5.74) is 0.811. The quantitative estimate of drug-likeness (QED) is 0.739. The molecule has 1 N–H and O–H groups in total. The molecule has 0 aromatic carbocycles. The lowest BCUT2D eigenvalue weighted by molar-refractivity contribution is 0.466. The number of nitriles is 1. The summed E-state index contributed by atoms with van der Waals surface area (Å²) in [7, 11) is 0. The summed E-state index contributed by atoms with van der Waals surface area (Å²) in [6.07, 6.45) is 2.52. The maximum Gasteiger partial charge on any atom is 0.100 e. The van der Waals surface area contributed by atoms with E-state index < -0.39 is 0 Å². The van der Waals surface area contributed by atoms with Gasteiger partial charge >= 0.3 is 0 Å². The van der Waals surface area contributed by atoms with Gasteiger partial charge in [-0.3, -0.25) is 0 Å². The first-order valence-electron chi connectivity index (χ1n) is 4.59. The molecule has 1 atom stereocenters. The van der Waals surface area contributed by atoms with E-state index in [1.54, 1.807) is 11.3 Å². The van der Waals surface area contributed by atoms with E-state index in [1.807, 2.05) is 11.4 Å². The fourth-order valence-electron chi connectivity index (χ4n) is 1.72. The zero-order valence-corrected chi connectivity index (χ0v) is 8.23. The van der Waals surface area contributed by atoms with Crippen molar-refractivity contribution in [2.45, 2.75) is 18.8 Å². The predicted molar refractivity (Wildman–Crippen MR) is 53.9 cm³/mol. The van der Waals surface area contributed by atoms with Gasteiger partial charge in [0.2, 0.25) is 0 Å². The molecule has 1 saturated heterocycles. The van der Waals surface area contributed by atoms with Crippen LogP contribution in [0.3, 0.4) is 0 Å². The predicted octanol–water partition coefficient (Wildman–Crippen LogP) is 2.09. The van der Waals surface area contributed by atoms with Crippen LogP contribution >= 0.6 is 11.3 Å². The van der Waals surface area contributed by atoms with Crippen LogP contribution in [0.4, 0.5) is 0 Å².